The molecule has 2 rings (SSSR count). The summed E-state index contributed by atoms with van der Waals surface area (Å²) in [6.07, 6.45) is 1.31. The van der Waals surface area contributed by atoms with Crippen LogP contribution >= 0.6 is 15.9 Å². The Labute approximate surface area is 93.4 Å². The van der Waals surface area contributed by atoms with Crippen molar-refractivity contribution < 1.29 is 14.6 Å². The fourth-order valence-electron chi connectivity index (χ4n) is 1.31. The van der Waals surface area contributed by atoms with E-state index in [4.69, 9.17) is 9.84 Å². The highest BCUT2D eigenvalue weighted by Gasteiger charge is 2.13. The maximum atomic E-state index is 10.9. The molecule has 2 aromatic heterocycles. The number of fused-ring (bicyclic) bond motifs is 1. The minimum atomic E-state index is -1.02. The molecule has 0 fully saturated rings. The quantitative estimate of drug-likeness (QED) is 0.846. The molecular weight excluding hydrogens is 264 g/mol. The largest absolute Gasteiger partial charge is 0.497 e. The van der Waals surface area contributed by atoms with Gasteiger partial charge in [0, 0.05) is 12.1 Å². The summed E-state index contributed by atoms with van der Waals surface area (Å²) >= 11 is 3.27. The second kappa shape index (κ2) is 3.54. The minimum absolute atomic E-state index is 0.111. The first kappa shape index (κ1) is 9.97. The summed E-state index contributed by atoms with van der Waals surface area (Å²) in [6, 6.07) is 3.35. The van der Waals surface area contributed by atoms with Crippen LogP contribution in [0.15, 0.2) is 22.9 Å². The molecule has 0 saturated carbocycles. The van der Waals surface area contributed by atoms with Gasteiger partial charge < -0.3 is 9.84 Å². The molecule has 0 amide bonds. The van der Waals surface area contributed by atoms with Crippen molar-refractivity contribution in [2.45, 2.75) is 0 Å². The number of hydrogen-bond donors (Lipinski definition) is 1. The van der Waals surface area contributed by atoms with E-state index in [2.05, 4.69) is 20.9 Å². The Morgan fingerprint density at radius 3 is 2.93 bits per heavy atom. The number of ether oxygens (including phenoxy) is 1. The number of halogens is 1. The smallest absolute Gasteiger partial charge is 0.354 e. The molecule has 2 aromatic rings. The van der Waals surface area contributed by atoms with Crippen molar-refractivity contribution in [2.24, 2.45) is 0 Å². The zero-order valence-corrected chi connectivity index (χ0v) is 9.35. The lowest BCUT2D eigenvalue weighted by Gasteiger charge is -2.04. The highest BCUT2D eigenvalue weighted by molar-refractivity contribution is 9.10. The van der Waals surface area contributed by atoms with E-state index in [0.29, 0.717) is 16.0 Å². The average Bonchev–Trinajstić information content (AvgIpc) is 2.61. The van der Waals surface area contributed by atoms with Gasteiger partial charge in [0.25, 0.3) is 0 Å². The van der Waals surface area contributed by atoms with Crippen molar-refractivity contribution in [3.05, 3.63) is 28.6 Å². The number of hydrogen-bond acceptors (Lipinski definition) is 3. The monoisotopic (exact) mass is 270 g/mol. The maximum absolute atomic E-state index is 10.9. The number of carbonyl (C=O) groups is 1. The molecule has 78 valence electrons. The van der Waals surface area contributed by atoms with Gasteiger partial charge in [0.15, 0.2) is 5.69 Å². The Kier molecular flexibility index (Phi) is 2.36. The number of rotatable bonds is 2. The molecular formula is C9H7BrN2O3. The molecule has 5 nitrogen and oxygen atoms in total. The fraction of sp³-hybridized carbons (Fsp3) is 0.111. The van der Waals surface area contributed by atoms with Gasteiger partial charge in [0.1, 0.15) is 11.4 Å². The summed E-state index contributed by atoms with van der Waals surface area (Å²) in [5.74, 6) is -0.398. The molecule has 15 heavy (non-hydrogen) atoms. The van der Waals surface area contributed by atoms with E-state index in [1.807, 2.05) is 0 Å². The Morgan fingerprint density at radius 2 is 2.33 bits per heavy atom. The van der Waals surface area contributed by atoms with Gasteiger partial charge in [0.05, 0.1) is 17.9 Å². The molecule has 0 aliphatic heterocycles. The summed E-state index contributed by atoms with van der Waals surface area (Å²) in [7, 11) is 1.54. The zero-order valence-electron chi connectivity index (χ0n) is 7.77. The summed E-state index contributed by atoms with van der Waals surface area (Å²) in [5, 5.41) is 8.91. The lowest BCUT2D eigenvalue weighted by atomic mass is 10.4. The number of imidazole rings is 1. The van der Waals surface area contributed by atoms with Crippen LogP contribution in [0.25, 0.3) is 5.65 Å². The van der Waals surface area contributed by atoms with Crippen LogP contribution in [-0.4, -0.2) is 27.6 Å². The minimum Gasteiger partial charge on any atom is -0.497 e. The number of carboxylic acid groups (broad SMARTS) is 1. The molecule has 0 bridgehead atoms. The van der Waals surface area contributed by atoms with Gasteiger partial charge in [-0.15, -0.1) is 0 Å². The molecule has 6 heteroatoms. The third kappa shape index (κ3) is 1.56. The van der Waals surface area contributed by atoms with Crippen molar-refractivity contribution >= 4 is 27.5 Å². The molecule has 1 N–H and O–H groups in total. The van der Waals surface area contributed by atoms with Crippen LogP contribution in [0.4, 0.5) is 0 Å². The van der Waals surface area contributed by atoms with Crippen molar-refractivity contribution in [3.8, 4) is 5.75 Å². The topological polar surface area (TPSA) is 63.8 Å². The number of aromatic nitrogens is 2. The number of nitrogens with zero attached hydrogens (tertiary/aromatic N) is 2. The molecule has 0 aliphatic carbocycles. The number of carboxylic acids is 1. The fourth-order valence-corrected chi connectivity index (χ4v) is 1.91. The average molecular weight is 271 g/mol. The molecule has 0 saturated heterocycles. The first-order chi connectivity index (χ1) is 7.13. The van der Waals surface area contributed by atoms with Crippen LogP contribution in [0.1, 0.15) is 10.5 Å². The SMILES string of the molecule is COc1cc(Br)n2c(C(=O)O)cnc2c1. The van der Waals surface area contributed by atoms with Gasteiger partial charge in [-0.1, -0.05) is 0 Å². The van der Waals surface area contributed by atoms with E-state index >= 15 is 0 Å². The van der Waals surface area contributed by atoms with Crippen LogP contribution in [-0.2, 0) is 0 Å². The van der Waals surface area contributed by atoms with Gasteiger partial charge >= 0.3 is 5.97 Å². The Balaban J connectivity index is 2.77. The van der Waals surface area contributed by atoms with E-state index in [-0.39, 0.29) is 5.69 Å². The lowest BCUT2D eigenvalue weighted by molar-refractivity contribution is 0.0689. The third-order valence-electron chi connectivity index (χ3n) is 1.99. The van der Waals surface area contributed by atoms with Crippen molar-refractivity contribution in [3.63, 3.8) is 0 Å². The van der Waals surface area contributed by atoms with E-state index < -0.39 is 5.97 Å². The molecule has 0 radical (unpaired) electrons. The third-order valence-corrected chi connectivity index (χ3v) is 2.57. The maximum Gasteiger partial charge on any atom is 0.354 e. The molecule has 0 spiro atoms. The van der Waals surface area contributed by atoms with Crippen LogP contribution in [0, 0.1) is 0 Å². The Morgan fingerprint density at radius 1 is 1.60 bits per heavy atom. The summed E-state index contributed by atoms with van der Waals surface area (Å²) in [4.78, 5) is 14.9. The molecule has 0 unspecified atom stereocenters. The highest BCUT2D eigenvalue weighted by Crippen LogP contribution is 2.23. The van der Waals surface area contributed by atoms with Gasteiger partial charge in [-0.2, -0.15) is 0 Å². The predicted octanol–water partition coefficient (Wildman–Crippen LogP) is 1.80. The van der Waals surface area contributed by atoms with Crippen LogP contribution < -0.4 is 4.74 Å². The molecule has 2 heterocycles. The van der Waals surface area contributed by atoms with E-state index in [9.17, 15) is 4.79 Å². The van der Waals surface area contributed by atoms with Gasteiger partial charge in [-0.3, -0.25) is 4.40 Å². The molecule has 0 atom stereocenters. The summed E-state index contributed by atoms with van der Waals surface area (Å²) in [6.45, 7) is 0. The zero-order chi connectivity index (χ0) is 11.0. The van der Waals surface area contributed by atoms with Gasteiger partial charge in [0.2, 0.25) is 0 Å². The first-order valence-corrected chi connectivity index (χ1v) is 4.87. The van der Waals surface area contributed by atoms with Crippen molar-refractivity contribution in [1.82, 2.24) is 9.38 Å². The van der Waals surface area contributed by atoms with Crippen LogP contribution in [0.3, 0.4) is 0 Å². The number of aromatic carboxylic acids is 1. The standard InChI is InChI=1S/C9H7BrN2O3/c1-15-5-2-7(10)12-6(9(13)14)4-11-8(12)3-5/h2-4H,1H3,(H,13,14). The predicted molar refractivity (Wildman–Crippen MR) is 56.4 cm³/mol. The number of pyridine rings is 1. The first-order valence-electron chi connectivity index (χ1n) is 4.08. The summed E-state index contributed by atoms with van der Waals surface area (Å²) in [5.41, 5.74) is 0.637. The highest BCUT2D eigenvalue weighted by atomic mass is 79.9. The second-order valence-electron chi connectivity index (χ2n) is 2.86. The normalized spacial score (nSPS) is 10.5. The Hall–Kier alpha value is -1.56. The van der Waals surface area contributed by atoms with Crippen molar-refractivity contribution in [1.29, 1.82) is 0 Å². The molecule has 0 aliphatic rings. The van der Waals surface area contributed by atoms with Gasteiger partial charge in [-0.25, -0.2) is 9.78 Å². The number of methoxy groups -OCH3 is 1. The molecule has 0 aromatic carbocycles. The van der Waals surface area contributed by atoms with E-state index in [1.54, 1.807) is 19.2 Å². The van der Waals surface area contributed by atoms with Crippen LogP contribution in [0.5, 0.6) is 5.75 Å². The van der Waals surface area contributed by atoms with Gasteiger partial charge in [-0.05, 0) is 15.9 Å². The lowest BCUT2D eigenvalue weighted by Crippen LogP contribution is -2.02. The Bertz CT molecular complexity index is 535. The van der Waals surface area contributed by atoms with E-state index in [0.717, 1.165) is 0 Å². The van der Waals surface area contributed by atoms with E-state index in [1.165, 1.54) is 10.6 Å². The second-order valence-corrected chi connectivity index (χ2v) is 3.67. The van der Waals surface area contributed by atoms with Crippen LogP contribution in [0.2, 0.25) is 0 Å². The summed E-state index contributed by atoms with van der Waals surface area (Å²) < 4.78 is 7.12. The van der Waals surface area contributed by atoms with Crippen molar-refractivity contribution in [2.75, 3.05) is 7.11 Å².